The van der Waals surface area contributed by atoms with E-state index in [0.29, 0.717) is 0 Å². The van der Waals surface area contributed by atoms with E-state index >= 15 is 0 Å². The van der Waals surface area contributed by atoms with Crippen LogP contribution in [0.15, 0.2) is 77.7 Å². The maximum absolute atomic E-state index is 13.2. The molecule has 3 aromatic carbocycles. The van der Waals surface area contributed by atoms with Crippen molar-refractivity contribution >= 4 is 21.6 Å². The zero-order chi connectivity index (χ0) is 21.0. The van der Waals surface area contributed by atoms with Crippen molar-refractivity contribution in [2.24, 2.45) is 0 Å². The lowest BCUT2D eigenvalue weighted by atomic mass is 10.2. The monoisotopic (exact) mass is 413 g/mol. The second kappa shape index (κ2) is 8.45. The number of anilines is 1. The van der Waals surface area contributed by atoms with Gasteiger partial charge in [-0.2, -0.15) is 4.31 Å². The molecule has 150 valence electrons. The van der Waals surface area contributed by atoms with Gasteiger partial charge < -0.3 is 4.74 Å². The molecular formula is C22H20FNO4S. The number of hydrogen-bond acceptors (Lipinski definition) is 4. The van der Waals surface area contributed by atoms with Crippen LogP contribution in [0.1, 0.15) is 11.1 Å². The van der Waals surface area contributed by atoms with Gasteiger partial charge in [0.05, 0.1) is 10.6 Å². The van der Waals surface area contributed by atoms with Gasteiger partial charge in [0.1, 0.15) is 11.6 Å². The van der Waals surface area contributed by atoms with E-state index < -0.39 is 28.4 Å². The summed E-state index contributed by atoms with van der Waals surface area (Å²) in [5.41, 5.74) is 2.04. The highest BCUT2D eigenvalue weighted by Crippen LogP contribution is 2.25. The molecule has 7 heteroatoms. The fourth-order valence-electron chi connectivity index (χ4n) is 2.65. The van der Waals surface area contributed by atoms with E-state index in [9.17, 15) is 17.6 Å². The van der Waals surface area contributed by atoms with Gasteiger partial charge in [0.15, 0.2) is 6.61 Å². The van der Waals surface area contributed by atoms with Gasteiger partial charge in [0, 0.05) is 0 Å². The van der Waals surface area contributed by atoms with Gasteiger partial charge in [-0.3, -0.25) is 4.79 Å². The molecule has 0 bridgehead atoms. The molecule has 0 unspecified atom stereocenters. The van der Waals surface area contributed by atoms with Crippen LogP contribution in [-0.4, -0.2) is 20.9 Å². The number of benzene rings is 3. The first kappa shape index (κ1) is 20.5. The zero-order valence-corrected chi connectivity index (χ0v) is 16.8. The van der Waals surface area contributed by atoms with Crippen molar-refractivity contribution in [2.75, 3.05) is 10.9 Å². The summed E-state index contributed by atoms with van der Waals surface area (Å²) in [5, 5.41) is 0. The predicted molar refractivity (Wildman–Crippen MR) is 109 cm³/mol. The third-order valence-corrected chi connectivity index (χ3v) is 5.99. The number of nitrogens with zero attached hydrogens (tertiary/aromatic N) is 1. The van der Waals surface area contributed by atoms with Crippen molar-refractivity contribution < 1.29 is 22.3 Å². The molecule has 3 rings (SSSR count). The Labute approximate surface area is 169 Å². The second-order valence-electron chi connectivity index (χ2n) is 6.55. The molecule has 0 N–H and O–H groups in total. The lowest BCUT2D eigenvalue weighted by Gasteiger charge is -2.23. The quantitative estimate of drug-likeness (QED) is 0.606. The van der Waals surface area contributed by atoms with Gasteiger partial charge in [-0.1, -0.05) is 35.4 Å². The highest BCUT2D eigenvalue weighted by atomic mass is 32.2. The Morgan fingerprint density at radius 3 is 1.93 bits per heavy atom. The molecule has 0 atom stereocenters. The van der Waals surface area contributed by atoms with E-state index in [0.717, 1.165) is 15.4 Å². The number of hydrogen-bond donors (Lipinski definition) is 0. The fraction of sp³-hybridized carbons (Fsp3) is 0.136. The van der Waals surface area contributed by atoms with Gasteiger partial charge in [0.25, 0.3) is 15.9 Å². The molecule has 0 saturated heterocycles. The van der Waals surface area contributed by atoms with E-state index in [4.69, 9.17) is 4.74 Å². The molecule has 0 aromatic heterocycles. The number of rotatable bonds is 6. The Bertz CT molecular complexity index is 1090. The minimum atomic E-state index is -4.15. The first-order valence-electron chi connectivity index (χ1n) is 8.87. The summed E-state index contributed by atoms with van der Waals surface area (Å²) >= 11 is 0. The largest absolute Gasteiger partial charge is 0.484 e. The number of sulfonamides is 1. The Kier molecular flexibility index (Phi) is 5.98. The Hall–Kier alpha value is -3.19. The average Bonchev–Trinajstić information content (AvgIpc) is 2.69. The van der Waals surface area contributed by atoms with E-state index in [2.05, 4.69) is 0 Å². The van der Waals surface area contributed by atoms with Crippen molar-refractivity contribution in [1.82, 2.24) is 0 Å². The highest BCUT2D eigenvalue weighted by molar-refractivity contribution is 7.93. The molecule has 0 aliphatic rings. The summed E-state index contributed by atoms with van der Waals surface area (Å²) in [6.07, 6.45) is 0. The number of aryl methyl sites for hydroxylation is 2. The van der Waals surface area contributed by atoms with E-state index in [1.807, 2.05) is 13.8 Å². The van der Waals surface area contributed by atoms with Crippen LogP contribution in [0.3, 0.4) is 0 Å². The van der Waals surface area contributed by atoms with Crippen LogP contribution in [0, 0.1) is 19.7 Å². The minimum absolute atomic E-state index is 0.00110. The van der Waals surface area contributed by atoms with Crippen molar-refractivity contribution in [3.63, 3.8) is 0 Å². The van der Waals surface area contributed by atoms with Crippen LogP contribution >= 0.6 is 0 Å². The molecule has 0 saturated carbocycles. The molecule has 0 spiro atoms. The topological polar surface area (TPSA) is 63.7 Å². The van der Waals surface area contributed by atoms with Gasteiger partial charge in [-0.05, 0) is 62.4 Å². The molecule has 0 heterocycles. The summed E-state index contributed by atoms with van der Waals surface area (Å²) < 4.78 is 45.6. The SMILES string of the molecule is Cc1ccc(N(C(=O)COc2ccc(F)cc2)S(=O)(=O)c2ccc(C)cc2)cc1. The molecule has 1 amide bonds. The fourth-order valence-corrected chi connectivity index (χ4v) is 4.06. The minimum Gasteiger partial charge on any atom is -0.484 e. The number of halogens is 1. The Morgan fingerprint density at radius 1 is 0.862 bits per heavy atom. The summed E-state index contributed by atoms with van der Waals surface area (Å²) in [5.74, 6) is -0.943. The average molecular weight is 413 g/mol. The third kappa shape index (κ3) is 4.81. The Morgan fingerprint density at radius 2 is 1.38 bits per heavy atom. The van der Waals surface area contributed by atoms with Crippen molar-refractivity contribution in [3.05, 3.63) is 89.7 Å². The van der Waals surface area contributed by atoms with E-state index in [1.54, 1.807) is 36.4 Å². The maximum atomic E-state index is 13.2. The zero-order valence-electron chi connectivity index (χ0n) is 16.0. The van der Waals surface area contributed by atoms with Crippen molar-refractivity contribution in [1.29, 1.82) is 0 Å². The molecule has 0 aliphatic heterocycles. The number of carbonyl (C=O) groups is 1. The first-order chi connectivity index (χ1) is 13.8. The molecule has 0 radical (unpaired) electrons. The predicted octanol–water partition coefficient (Wildman–Crippen LogP) is 4.24. The standard InChI is InChI=1S/C22H20FNO4S/c1-16-3-9-19(10-4-16)24(29(26,27)21-13-5-17(2)6-14-21)22(25)15-28-20-11-7-18(23)8-12-20/h3-14H,15H2,1-2H3. The van der Waals surface area contributed by atoms with E-state index in [-0.39, 0.29) is 16.3 Å². The van der Waals surface area contributed by atoms with Gasteiger partial charge in [-0.25, -0.2) is 12.8 Å². The third-order valence-electron chi connectivity index (χ3n) is 4.23. The van der Waals surface area contributed by atoms with Gasteiger partial charge in [0.2, 0.25) is 0 Å². The number of carbonyl (C=O) groups excluding carboxylic acids is 1. The Balaban J connectivity index is 1.94. The van der Waals surface area contributed by atoms with Crippen LogP contribution in [0.4, 0.5) is 10.1 Å². The van der Waals surface area contributed by atoms with Crippen LogP contribution < -0.4 is 9.04 Å². The molecule has 29 heavy (non-hydrogen) atoms. The summed E-state index contributed by atoms with van der Waals surface area (Å²) in [4.78, 5) is 12.9. The summed E-state index contributed by atoms with van der Waals surface area (Å²) in [7, 11) is -4.15. The molecular weight excluding hydrogens is 393 g/mol. The molecule has 5 nitrogen and oxygen atoms in total. The maximum Gasteiger partial charge on any atom is 0.278 e. The highest BCUT2D eigenvalue weighted by Gasteiger charge is 2.31. The number of amides is 1. The smallest absolute Gasteiger partial charge is 0.278 e. The van der Waals surface area contributed by atoms with E-state index in [1.165, 1.54) is 36.4 Å². The lowest BCUT2D eigenvalue weighted by Crippen LogP contribution is -2.40. The summed E-state index contributed by atoms with van der Waals surface area (Å²) in [6.45, 7) is 3.18. The van der Waals surface area contributed by atoms with Crippen LogP contribution in [-0.2, 0) is 14.8 Å². The van der Waals surface area contributed by atoms with Crippen LogP contribution in [0.25, 0.3) is 0 Å². The van der Waals surface area contributed by atoms with Crippen LogP contribution in [0.2, 0.25) is 0 Å². The molecule has 0 fully saturated rings. The van der Waals surface area contributed by atoms with Gasteiger partial charge >= 0.3 is 0 Å². The normalized spacial score (nSPS) is 11.1. The first-order valence-corrected chi connectivity index (χ1v) is 10.3. The summed E-state index contributed by atoms with van der Waals surface area (Å²) in [6, 6.07) is 18.0. The van der Waals surface area contributed by atoms with Crippen molar-refractivity contribution in [2.45, 2.75) is 18.7 Å². The lowest BCUT2D eigenvalue weighted by molar-refractivity contribution is -0.119. The second-order valence-corrected chi connectivity index (χ2v) is 8.34. The molecule has 3 aromatic rings. The van der Waals surface area contributed by atoms with Gasteiger partial charge in [-0.15, -0.1) is 0 Å². The van der Waals surface area contributed by atoms with Crippen LogP contribution in [0.5, 0.6) is 5.75 Å². The van der Waals surface area contributed by atoms with Crippen molar-refractivity contribution in [3.8, 4) is 5.75 Å². The molecule has 0 aliphatic carbocycles. The number of ether oxygens (including phenoxy) is 1.